The van der Waals surface area contributed by atoms with Crippen LogP contribution in [0.25, 0.3) is 5.69 Å². The molecule has 0 saturated carbocycles. The van der Waals surface area contributed by atoms with Crippen molar-refractivity contribution in [1.82, 2.24) is 9.78 Å². The molecule has 20 heavy (non-hydrogen) atoms. The second kappa shape index (κ2) is 5.31. The van der Waals surface area contributed by atoms with Crippen molar-refractivity contribution in [2.45, 2.75) is 13.0 Å². The number of hydrogen-bond acceptors (Lipinski definition) is 2. The summed E-state index contributed by atoms with van der Waals surface area (Å²) in [5, 5.41) is 14.9. The maximum absolute atomic E-state index is 10.5. The van der Waals surface area contributed by atoms with Gasteiger partial charge in [0.15, 0.2) is 0 Å². The SMILES string of the molecule is Cc1c(C(O)c2ccccc2)cnn1-c1ccccc1. The highest BCUT2D eigenvalue weighted by Crippen LogP contribution is 2.25. The molecular weight excluding hydrogens is 248 g/mol. The van der Waals surface area contributed by atoms with Crippen LogP contribution in [0.1, 0.15) is 22.9 Å². The van der Waals surface area contributed by atoms with E-state index in [1.54, 1.807) is 6.20 Å². The van der Waals surface area contributed by atoms with E-state index in [1.807, 2.05) is 72.3 Å². The van der Waals surface area contributed by atoms with Gasteiger partial charge in [-0.3, -0.25) is 0 Å². The van der Waals surface area contributed by atoms with E-state index < -0.39 is 6.10 Å². The van der Waals surface area contributed by atoms with Crippen LogP contribution in [0.2, 0.25) is 0 Å². The van der Waals surface area contributed by atoms with Gasteiger partial charge in [0.05, 0.1) is 11.9 Å². The first-order chi connectivity index (χ1) is 9.77. The molecule has 3 rings (SSSR count). The van der Waals surface area contributed by atoms with Crippen LogP contribution < -0.4 is 0 Å². The summed E-state index contributed by atoms with van der Waals surface area (Å²) >= 11 is 0. The average Bonchev–Trinajstić information content (AvgIpc) is 2.90. The van der Waals surface area contributed by atoms with Gasteiger partial charge >= 0.3 is 0 Å². The van der Waals surface area contributed by atoms with Crippen LogP contribution in [0.4, 0.5) is 0 Å². The van der Waals surface area contributed by atoms with Gasteiger partial charge in [0.2, 0.25) is 0 Å². The highest BCUT2D eigenvalue weighted by Gasteiger charge is 2.17. The fourth-order valence-corrected chi connectivity index (χ4v) is 2.34. The summed E-state index contributed by atoms with van der Waals surface area (Å²) in [5.41, 5.74) is 3.66. The molecule has 0 amide bonds. The number of aliphatic hydroxyl groups is 1. The van der Waals surface area contributed by atoms with Crippen molar-refractivity contribution in [3.05, 3.63) is 83.7 Å². The molecule has 0 aliphatic heterocycles. The first kappa shape index (κ1) is 12.6. The van der Waals surface area contributed by atoms with Gasteiger partial charge in [-0.05, 0) is 24.6 Å². The second-order valence-corrected chi connectivity index (χ2v) is 4.75. The number of benzene rings is 2. The Morgan fingerprint density at radius 3 is 2.20 bits per heavy atom. The minimum Gasteiger partial charge on any atom is -0.384 e. The predicted octanol–water partition coefficient (Wildman–Crippen LogP) is 3.26. The molecule has 0 saturated heterocycles. The minimum absolute atomic E-state index is 0.645. The quantitative estimate of drug-likeness (QED) is 0.788. The lowest BCUT2D eigenvalue weighted by Gasteiger charge is -2.11. The molecule has 0 spiro atoms. The van der Waals surface area contributed by atoms with Gasteiger partial charge in [-0.1, -0.05) is 48.5 Å². The molecule has 0 radical (unpaired) electrons. The normalized spacial score (nSPS) is 12.3. The lowest BCUT2D eigenvalue weighted by molar-refractivity contribution is 0.219. The van der Waals surface area contributed by atoms with Crippen LogP contribution >= 0.6 is 0 Å². The van der Waals surface area contributed by atoms with Gasteiger partial charge in [0.25, 0.3) is 0 Å². The second-order valence-electron chi connectivity index (χ2n) is 4.75. The molecule has 0 bridgehead atoms. The molecule has 3 nitrogen and oxygen atoms in total. The Morgan fingerprint density at radius 1 is 0.950 bits per heavy atom. The smallest absolute Gasteiger partial charge is 0.107 e. The summed E-state index contributed by atoms with van der Waals surface area (Å²) in [5.74, 6) is 0. The van der Waals surface area contributed by atoms with Crippen LogP contribution in [0, 0.1) is 6.92 Å². The minimum atomic E-state index is -0.645. The Morgan fingerprint density at radius 2 is 1.55 bits per heavy atom. The molecule has 2 aromatic carbocycles. The van der Waals surface area contributed by atoms with Crippen molar-refractivity contribution in [1.29, 1.82) is 0 Å². The van der Waals surface area contributed by atoms with Gasteiger partial charge in [-0.15, -0.1) is 0 Å². The molecule has 1 heterocycles. The maximum atomic E-state index is 10.5. The van der Waals surface area contributed by atoms with Gasteiger partial charge in [0.1, 0.15) is 6.10 Å². The molecule has 1 atom stereocenters. The third-order valence-corrected chi connectivity index (χ3v) is 3.46. The van der Waals surface area contributed by atoms with Crippen LogP contribution in [-0.4, -0.2) is 14.9 Å². The third kappa shape index (κ3) is 2.24. The first-order valence-corrected chi connectivity index (χ1v) is 6.60. The molecular formula is C17H16N2O. The van der Waals surface area contributed by atoms with Gasteiger partial charge < -0.3 is 5.11 Å². The summed E-state index contributed by atoms with van der Waals surface area (Å²) in [6.45, 7) is 1.97. The highest BCUT2D eigenvalue weighted by atomic mass is 16.3. The zero-order valence-electron chi connectivity index (χ0n) is 11.3. The lowest BCUT2D eigenvalue weighted by Crippen LogP contribution is -2.03. The van der Waals surface area contributed by atoms with Crippen molar-refractivity contribution < 1.29 is 5.11 Å². The summed E-state index contributed by atoms with van der Waals surface area (Å²) < 4.78 is 1.85. The average molecular weight is 264 g/mol. The predicted molar refractivity (Wildman–Crippen MR) is 78.8 cm³/mol. The van der Waals surface area contributed by atoms with Crippen LogP contribution in [-0.2, 0) is 0 Å². The Bertz CT molecular complexity index is 690. The molecule has 3 heteroatoms. The van der Waals surface area contributed by atoms with Crippen LogP contribution in [0.15, 0.2) is 66.9 Å². The molecule has 1 unspecified atom stereocenters. The number of rotatable bonds is 3. The number of aromatic nitrogens is 2. The van der Waals surface area contributed by atoms with Gasteiger partial charge in [-0.25, -0.2) is 4.68 Å². The number of hydrogen-bond donors (Lipinski definition) is 1. The largest absolute Gasteiger partial charge is 0.384 e. The van der Waals surface area contributed by atoms with Crippen molar-refractivity contribution in [2.75, 3.05) is 0 Å². The standard InChI is InChI=1S/C17H16N2O/c1-13-16(17(20)14-8-4-2-5-9-14)12-18-19(13)15-10-6-3-7-11-15/h2-12,17,20H,1H3. The molecule has 0 aliphatic rings. The molecule has 1 N–H and O–H groups in total. The Balaban J connectivity index is 1.99. The van der Waals surface area contributed by atoms with E-state index in [4.69, 9.17) is 0 Å². The van der Waals surface area contributed by atoms with E-state index in [0.717, 1.165) is 22.5 Å². The number of para-hydroxylation sites is 1. The summed E-state index contributed by atoms with van der Waals surface area (Å²) in [6, 6.07) is 19.6. The molecule has 0 fully saturated rings. The van der Waals surface area contributed by atoms with Gasteiger partial charge in [-0.2, -0.15) is 5.10 Å². The Kier molecular flexibility index (Phi) is 3.35. The van der Waals surface area contributed by atoms with Crippen molar-refractivity contribution in [2.24, 2.45) is 0 Å². The zero-order chi connectivity index (χ0) is 13.9. The maximum Gasteiger partial charge on any atom is 0.107 e. The van der Waals surface area contributed by atoms with Crippen LogP contribution in [0.5, 0.6) is 0 Å². The van der Waals surface area contributed by atoms with Crippen molar-refractivity contribution >= 4 is 0 Å². The van der Waals surface area contributed by atoms with E-state index in [2.05, 4.69) is 5.10 Å². The molecule has 100 valence electrons. The summed E-state index contributed by atoms with van der Waals surface area (Å²) in [4.78, 5) is 0. The monoisotopic (exact) mass is 264 g/mol. The summed E-state index contributed by atoms with van der Waals surface area (Å²) in [7, 11) is 0. The molecule has 0 aliphatic carbocycles. The van der Waals surface area contributed by atoms with E-state index in [-0.39, 0.29) is 0 Å². The van der Waals surface area contributed by atoms with Crippen molar-refractivity contribution in [3.63, 3.8) is 0 Å². The third-order valence-electron chi connectivity index (χ3n) is 3.46. The fraction of sp³-hybridized carbons (Fsp3) is 0.118. The first-order valence-electron chi connectivity index (χ1n) is 6.60. The lowest BCUT2D eigenvalue weighted by atomic mass is 10.0. The fourth-order valence-electron chi connectivity index (χ4n) is 2.34. The van der Waals surface area contributed by atoms with Crippen molar-refractivity contribution in [3.8, 4) is 5.69 Å². The highest BCUT2D eigenvalue weighted by molar-refractivity contribution is 5.37. The molecule has 3 aromatic rings. The number of aliphatic hydroxyl groups excluding tert-OH is 1. The summed E-state index contributed by atoms with van der Waals surface area (Å²) in [6.07, 6.45) is 1.09. The van der Waals surface area contributed by atoms with Crippen LogP contribution in [0.3, 0.4) is 0 Å². The van der Waals surface area contributed by atoms with Gasteiger partial charge in [0, 0.05) is 11.3 Å². The van der Waals surface area contributed by atoms with E-state index in [0.29, 0.717) is 0 Å². The Labute approximate surface area is 118 Å². The zero-order valence-corrected chi connectivity index (χ0v) is 11.3. The topological polar surface area (TPSA) is 38.1 Å². The number of nitrogens with zero attached hydrogens (tertiary/aromatic N) is 2. The molecule has 1 aromatic heterocycles. The van der Waals surface area contributed by atoms with E-state index >= 15 is 0 Å². The van der Waals surface area contributed by atoms with E-state index in [9.17, 15) is 5.11 Å². The Hall–Kier alpha value is -2.39. The van der Waals surface area contributed by atoms with E-state index in [1.165, 1.54) is 0 Å².